The van der Waals surface area contributed by atoms with Gasteiger partial charge in [0.15, 0.2) is 5.11 Å². The SMILES string of the molecule is COc1ccc(O)c(/C(C)=N/NC(=S)NCc2ccccc2)c1. The molecule has 0 aromatic heterocycles. The van der Waals surface area contributed by atoms with Gasteiger partial charge in [0.1, 0.15) is 11.5 Å². The minimum absolute atomic E-state index is 0.136. The van der Waals surface area contributed by atoms with Crippen LogP contribution in [0.3, 0.4) is 0 Å². The van der Waals surface area contributed by atoms with Crippen LogP contribution in [0.25, 0.3) is 0 Å². The number of methoxy groups -OCH3 is 1. The Morgan fingerprint density at radius 3 is 2.65 bits per heavy atom. The van der Waals surface area contributed by atoms with Gasteiger partial charge in [-0.25, -0.2) is 0 Å². The van der Waals surface area contributed by atoms with E-state index >= 15 is 0 Å². The Morgan fingerprint density at radius 1 is 1.22 bits per heavy atom. The standard InChI is InChI=1S/C17H19N3O2S/c1-12(15-10-14(22-2)8-9-16(15)21)19-20-17(23)18-11-13-6-4-3-5-7-13/h3-10,21H,11H2,1-2H3,(H2,18,20,23)/b19-12+. The van der Waals surface area contributed by atoms with Gasteiger partial charge in [0, 0.05) is 12.1 Å². The molecule has 0 radical (unpaired) electrons. The summed E-state index contributed by atoms with van der Waals surface area (Å²) < 4.78 is 5.15. The van der Waals surface area contributed by atoms with Crippen LogP contribution in [0.15, 0.2) is 53.6 Å². The number of rotatable bonds is 5. The summed E-state index contributed by atoms with van der Waals surface area (Å²) >= 11 is 5.19. The average molecular weight is 329 g/mol. The summed E-state index contributed by atoms with van der Waals surface area (Å²) in [5.41, 5.74) is 5.09. The molecule has 0 heterocycles. The molecule has 0 amide bonds. The van der Waals surface area contributed by atoms with Gasteiger partial charge < -0.3 is 15.2 Å². The molecule has 0 saturated heterocycles. The van der Waals surface area contributed by atoms with E-state index in [0.29, 0.717) is 28.7 Å². The van der Waals surface area contributed by atoms with Crippen LogP contribution in [0.2, 0.25) is 0 Å². The second kappa shape index (κ2) is 8.14. The van der Waals surface area contributed by atoms with Gasteiger partial charge in [-0.3, -0.25) is 5.43 Å². The third-order valence-corrected chi connectivity index (χ3v) is 3.45. The Bertz CT molecular complexity index is 702. The monoisotopic (exact) mass is 329 g/mol. The van der Waals surface area contributed by atoms with Gasteiger partial charge in [-0.05, 0) is 42.9 Å². The van der Waals surface area contributed by atoms with Crippen molar-refractivity contribution >= 4 is 23.0 Å². The number of nitrogens with one attached hydrogen (secondary N) is 2. The smallest absolute Gasteiger partial charge is 0.187 e. The number of phenolic OH excluding ortho intramolecular Hbond substituents is 1. The van der Waals surface area contributed by atoms with Crippen molar-refractivity contribution in [3.05, 3.63) is 59.7 Å². The molecule has 0 aliphatic rings. The highest BCUT2D eigenvalue weighted by molar-refractivity contribution is 7.80. The van der Waals surface area contributed by atoms with Crippen LogP contribution >= 0.6 is 12.2 Å². The first-order valence-corrected chi connectivity index (χ1v) is 7.50. The second-order valence-electron chi connectivity index (χ2n) is 4.86. The zero-order chi connectivity index (χ0) is 16.7. The van der Waals surface area contributed by atoms with E-state index in [1.807, 2.05) is 30.3 Å². The van der Waals surface area contributed by atoms with Crippen LogP contribution < -0.4 is 15.5 Å². The molecule has 0 bridgehead atoms. The van der Waals surface area contributed by atoms with E-state index in [-0.39, 0.29) is 5.75 Å². The molecule has 0 aliphatic heterocycles. The maximum atomic E-state index is 9.91. The fourth-order valence-corrected chi connectivity index (χ4v) is 2.06. The molecular weight excluding hydrogens is 310 g/mol. The summed E-state index contributed by atoms with van der Waals surface area (Å²) in [4.78, 5) is 0. The van der Waals surface area contributed by atoms with Crippen molar-refractivity contribution in [1.29, 1.82) is 0 Å². The van der Waals surface area contributed by atoms with Crippen LogP contribution in [0.5, 0.6) is 11.5 Å². The molecule has 3 N–H and O–H groups in total. The van der Waals surface area contributed by atoms with Crippen LogP contribution in [0, 0.1) is 0 Å². The minimum atomic E-state index is 0.136. The van der Waals surface area contributed by atoms with E-state index in [4.69, 9.17) is 17.0 Å². The number of ether oxygens (including phenoxy) is 1. The highest BCUT2D eigenvalue weighted by Gasteiger charge is 2.07. The molecule has 6 heteroatoms. The van der Waals surface area contributed by atoms with Gasteiger partial charge in [0.25, 0.3) is 0 Å². The molecule has 0 fully saturated rings. The van der Waals surface area contributed by atoms with E-state index in [1.54, 1.807) is 32.2 Å². The molecule has 2 rings (SSSR count). The van der Waals surface area contributed by atoms with E-state index in [9.17, 15) is 5.11 Å². The third kappa shape index (κ3) is 4.96. The topological polar surface area (TPSA) is 65.9 Å². The molecule has 5 nitrogen and oxygen atoms in total. The Labute approximate surface area is 141 Å². The lowest BCUT2D eigenvalue weighted by atomic mass is 10.1. The fourth-order valence-electron chi connectivity index (χ4n) is 1.94. The zero-order valence-electron chi connectivity index (χ0n) is 13.0. The number of benzene rings is 2. The van der Waals surface area contributed by atoms with E-state index in [0.717, 1.165) is 5.56 Å². The first-order chi connectivity index (χ1) is 11.1. The maximum absolute atomic E-state index is 9.91. The highest BCUT2D eigenvalue weighted by Crippen LogP contribution is 2.23. The van der Waals surface area contributed by atoms with Crippen molar-refractivity contribution in [2.45, 2.75) is 13.5 Å². The summed E-state index contributed by atoms with van der Waals surface area (Å²) in [6.45, 7) is 2.40. The molecular formula is C17H19N3O2S. The number of thiocarbonyl (C=S) groups is 1. The predicted molar refractivity (Wildman–Crippen MR) is 95.9 cm³/mol. The maximum Gasteiger partial charge on any atom is 0.187 e. The summed E-state index contributed by atoms with van der Waals surface area (Å²) in [5, 5.41) is 17.6. The van der Waals surface area contributed by atoms with Crippen LogP contribution in [0.1, 0.15) is 18.1 Å². The van der Waals surface area contributed by atoms with E-state index < -0.39 is 0 Å². The first kappa shape index (κ1) is 16.8. The zero-order valence-corrected chi connectivity index (χ0v) is 13.9. The lowest BCUT2D eigenvalue weighted by Crippen LogP contribution is -2.32. The fraction of sp³-hybridized carbons (Fsp3) is 0.176. The first-order valence-electron chi connectivity index (χ1n) is 7.09. The summed E-state index contributed by atoms with van der Waals surface area (Å²) in [6.07, 6.45) is 0. The van der Waals surface area contributed by atoms with Crippen molar-refractivity contribution in [2.75, 3.05) is 7.11 Å². The number of aromatic hydroxyl groups is 1. The second-order valence-corrected chi connectivity index (χ2v) is 5.27. The van der Waals surface area contributed by atoms with E-state index in [1.165, 1.54) is 0 Å². The van der Waals surface area contributed by atoms with Crippen molar-refractivity contribution < 1.29 is 9.84 Å². The largest absolute Gasteiger partial charge is 0.507 e. The van der Waals surface area contributed by atoms with Gasteiger partial charge in [0.05, 0.1) is 12.8 Å². The molecule has 0 spiro atoms. The number of hydrogen-bond donors (Lipinski definition) is 3. The van der Waals surface area contributed by atoms with Gasteiger partial charge in [-0.15, -0.1) is 0 Å². The summed E-state index contributed by atoms with van der Waals surface area (Å²) in [5.74, 6) is 0.786. The molecule has 2 aromatic rings. The quantitative estimate of drug-likeness (QED) is 0.447. The lowest BCUT2D eigenvalue weighted by molar-refractivity contribution is 0.412. The van der Waals surface area contributed by atoms with Crippen molar-refractivity contribution in [2.24, 2.45) is 5.10 Å². The third-order valence-electron chi connectivity index (χ3n) is 3.21. The minimum Gasteiger partial charge on any atom is -0.507 e. The van der Waals surface area contributed by atoms with Crippen molar-refractivity contribution in [1.82, 2.24) is 10.7 Å². The Balaban J connectivity index is 1.95. The molecule has 0 unspecified atom stereocenters. The van der Waals surface area contributed by atoms with Crippen molar-refractivity contribution in [3.8, 4) is 11.5 Å². The van der Waals surface area contributed by atoms with Crippen LogP contribution in [-0.4, -0.2) is 23.0 Å². The molecule has 0 aliphatic carbocycles. The molecule has 0 saturated carbocycles. The van der Waals surface area contributed by atoms with Crippen molar-refractivity contribution in [3.63, 3.8) is 0 Å². The van der Waals surface area contributed by atoms with Crippen LogP contribution in [0.4, 0.5) is 0 Å². The summed E-state index contributed by atoms with van der Waals surface area (Å²) in [6, 6.07) is 14.9. The number of phenols is 1. The van der Waals surface area contributed by atoms with Gasteiger partial charge >= 0.3 is 0 Å². The molecule has 23 heavy (non-hydrogen) atoms. The number of nitrogens with zero attached hydrogens (tertiary/aromatic N) is 1. The van der Waals surface area contributed by atoms with E-state index in [2.05, 4.69) is 15.8 Å². The number of hydrogen-bond acceptors (Lipinski definition) is 4. The highest BCUT2D eigenvalue weighted by atomic mass is 32.1. The average Bonchev–Trinajstić information content (AvgIpc) is 2.59. The summed E-state index contributed by atoms with van der Waals surface area (Å²) in [7, 11) is 1.57. The van der Waals surface area contributed by atoms with Gasteiger partial charge in [0.2, 0.25) is 0 Å². The van der Waals surface area contributed by atoms with Gasteiger partial charge in [-0.1, -0.05) is 30.3 Å². The Morgan fingerprint density at radius 2 is 1.96 bits per heavy atom. The van der Waals surface area contributed by atoms with Gasteiger partial charge in [-0.2, -0.15) is 5.10 Å². The molecule has 120 valence electrons. The molecule has 2 aromatic carbocycles. The Hall–Kier alpha value is -2.60. The predicted octanol–water partition coefficient (Wildman–Crippen LogP) is 2.79. The van der Waals surface area contributed by atoms with Crippen LogP contribution in [-0.2, 0) is 6.54 Å². The normalized spacial score (nSPS) is 11.0. The molecule has 0 atom stereocenters. The lowest BCUT2D eigenvalue weighted by Gasteiger charge is -2.09. The number of hydrazone groups is 1. The Kier molecular flexibility index (Phi) is 5.94.